The van der Waals surface area contributed by atoms with Crippen LogP contribution in [0.4, 0.5) is 8.78 Å². The predicted molar refractivity (Wildman–Crippen MR) is 53.9 cm³/mol. The van der Waals surface area contributed by atoms with Gasteiger partial charge in [-0.15, -0.1) is 0 Å². The summed E-state index contributed by atoms with van der Waals surface area (Å²) in [5, 5.41) is 4.08. The third-order valence-electron chi connectivity index (χ3n) is 1.88. The van der Waals surface area contributed by atoms with E-state index in [1.807, 2.05) is 0 Å². The van der Waals surface area contributed by atoms with E-state index in [-0.39, 0.29) is 5.69 Å². The summed E-state index contributed by atoms with van der Waals surface area (Å²) in [7, 11) is 0. The largest absolute Gasteiger partial charge is 0.223 e. The van der Waals surface area contributed by atoms with Gasteiger partial charge in [-0.1, -0.05) is 15.9 Å². The lowest BCUT2D eigenvalue weighted by Crippen LogP contribution is -2.03. The highest BCUT2D eigenvalue weighted by Gasteiger charge is 2.13. The first-order chi connectivity index (χ1) is 7.22. The van der Waals surface area contributed by atoms with Gasteiger partial charge in [0.05, 0.1) is 0 Å². The molecule has 15 heavy (non-hydrogen) atoms. The molecule has 0 atom stereocenters. The summed E-state index contributed by atoms with van der Waals surface area (Å²) >= 11 is 3.13. The van der Waals surface area contributed by atoms with Crippen molar-refractivity contribution in [3.8, 4) is 5.69 Å². The Kier molecular flexibility index (Phi) is 2.77. The van der Waals surface area contributed by atoms with Crippen molar-refractivity contribution in [2.45, 2.75) is 5.33 Å². The van der Waals surface area contributed by atoms with Crippen LogP contribution in [0.25, 0.3) is 5.69 Å². The molecule has 0 bridgehead atoms. The molecule has 3 nitrogen and oxygen atoms in total. The van der Waals surface area contributed by atoms with Crippen LogP contribution in [0.1, 0.15) is 5.56 Å². The van der Waals surface area contributed by atoms with Crippen molar-refractivity contribution in [2.75, 3.05) is 0 Å². The Morgan fingerprint density at radius 3 is 2.40 bits per heavy atom. The third kappa shape index (κ3) is 1.90. The van der Waals surface area contributed by atoms with Gasteiger partial charge in [0.15, 0.2) is 11.6 Å². The topological polar surface area (TPSA) is 30.7 Å². The summed E-state index contributed by atoms with van der Waals surface area (Å²) in [5.41, 5.74) is 0.325. The molecule has 0 radical (unpaired) electrons. The second-order valence-corrected chi connectivity index (χ2v) is 3.44. The Morgan fingerprint density at radius 2 is 1.93 bits per heavy atom. The molecule has 2 aromatic rings. The van der Waals surface area contributed by atoms with Crippen molar-refractivity contribution in [1.29, 1.82) is 0 Å². The third-order valence-corrected chi connectivity index (χ3v) is 2.53. The number of nitrogens with zero attached hydrogens (tertiary/aromatic N) is 3. The Hall–Kier alpha value is -1.30. The summed E-state index contributed by atoms with van der Waals surface area (Å²) in [4.78, 5) is 3.63. The fourth-order valence-corrected chi connectivity index (χ4v) is 1.56. The van der Waals surface area contributed by atoms with E-state index >= 15 is 0 Å². The molecule has 2 rings (SSSR count). The normalized spacial score (nSPS) is 10.6. The minimum Gasteiger partial charge on any atom is -0.223 e. The van der Waals surface area contributed by atoms with Crippen LogP contribution in [-0.4, -0.2) is 14.8 Å². The van der Waals surface area contributed by atoms with Gasteiger partial charge in [0, 0.05) is 5.33 Å². The summed E-state index contributed by atoms with van der Waals surface area (Å²) < 4.78 is 28.1. The number of halogens is 3. The zero-order chi connectivity index (χ0) is 10.8. The molecule has 0 spiro atoms. The van der Waals surface area contributed by atoms with Crippen LogP contribution in [-0.2, 0) is 5.33 Å². The van der Waals surface area contributed by atoms with E-state index in [1.165, 1.54) is 24.8 Å². The number of alkyl halides is 1. The van der Waals surface area contributed by atoms with Gasteiger partial charge in [-0.25, -0.2) is 18.4 Å². The smallest absolute Gasteiger partial charge is 0.152 e. The fraction of sp³-hybridized carbons (Fsp3) is 0.111. The van der Waals surface area contributed by atoms with Gasteiger partial charge in [-0.2, -0.15) is 5.10 Å². The first kappa shape index (κ1) is 10.2. The van der Waals surface area contributed by atoms with E-state index in [4.69, 9.17) is 0 Å². The Morgan fingerprint density at radius 1 is 1.27 bits per heavy atom. The second-order valence-electron chi connectivity index (χ2n) is 2.88. The zero-order valence-corrected chi connectivity index (χ0v) is 9.08. The lowest BCUT2D eigenvalue weighted by atomic mass is 10.2. The van der Waals surface area contributed by atoms with E-state index in [0.29, 0.717) is 10.9 Å². The van der Waals surface area contributed by atoms with Gasteiger partial charge < -0.3 is 0 Å². The predicted octanol–water partition coefficient (Wildman–Crippen LogP) is 2.44. The minimum absolute atomic E-state index is 0.211. The number of hydrogen-bond donors (Lipinski definition) is 0. The standard InChI is InChI=1S/C9H6BrF2N3/c10-3-6-1-7(11)9(8(12)2-6)15-5-13-4-14-15/h1-2,4-5H,3H2. The molecule has 78 valence electrons. The quantitative estimate of drug-likeness (QED) is 0.787. The highest BCUT2D eigenvalue weighted by Crippen LogP contribution is 2.19. The molecule has 1 aromatic carbocycles. The average Bonchev–Trinajstić information content (AvgIpc) is 2.69. The van der Waals surface area contributed by atoms with Crippen LogP contribution in [0, 0.1) is 11.6 Å². The summed E-state index contributed by atoms with van der Waals surface area (Å²) in [6.07, 6.45) is 2.46. The van der Waals surface area contributed by atoms with Gasteiger partial charge in [0.1, 0.15) is 18.3 Å². The average molecular weight is 274 g/mol. The van der Waals surface area contributed by atoms with Crippen LogP contribution in [0.5, 0.6) is 0 Å². The Balaban J connectivity index is 2.58. The van der Waals surface area contributed by atoms with E-state index in [2.05, 4.69) is 26.0 Å². The molecule has 0 aliphatic carbocycles. The zero-order valence-electron chi connectivity index (χ0n) is 7.49. The van der Waals surface area contributed by atoms with E-state index < -0.39 is 11.6 Å². The number of rotatable bonds is 2. The number of aromatic nitrogens is 3. The maximum absolute atomic E-state index is 13.5. The highest BCUT2D eigenvalue weighted by molar-refractivity contribution is 9.08. The van der Waals surface area contributed by atoms with Gasteiger partial charge >= 0.3 is 0 Å². The summed E-state index contributed by atoms with van der Waals surface area (Å²) in [5.74, 6) is -1.31. The molecule has 1 aromatic heterocycles. The molecule has 0 saturated heterocycles. The summed E-state index contributed by atoms with van der Waals surface area (Å²) in [6.45, 7) is 0. The molecule has 0 N–H and O–H groups in total. The monoisotopic (exact) mass is 273 g/mol. The van der Waals surface area contributed by atoms with Crippen LogP contribution in [0.2, 0.25) is 0 Å². The molecule has 1 heterocycles. The van der Waals surface area contributed by atoms with Crippen molar-refractivity contribution in [3.05, 3.63) is 42.0 Å². The van der Waals surface area contributed by atoms with Gasteiger partial charge in [0.25, 0.3) is 0 Å². The first-order valence-electron chi connectivity index (χ1n) is 4.11. The molecule has 0 unspecified atom stereocenters. The molecule has 0 aliphatic heterocycles. The van der Waals surface area contributed by atoms with Crippen molar-refractivity contribution < 1.29 is 8.78 Å². The van der Waals surface area contributed by atoms with Crippen molar-refractivity contribution in [2.24, 2.45) is 0 Å². The van der Waals surface area contributed by atoms with E-state index in [0.717, 1.165) is 4.68 Å². The molecule has 0 saturated carbocycles. The molecule has 0 aliphatic rings. The molecular weight excluding hydrogens is 268 g/mol. The molecular formula is C9H6BrF2N3. The molecule has 6 heteroatoms. The van der Waals surface area contributed by atoms with Gasteiger partial charge in [-0.3, -0.25) is 0 Å². The maximum atomic E-state index is 13.5. The first-order valence-corrected chi connectivity index (χ1v) is 5.23. The van der Waals surface area contributed by atoms with E-state index in [9.17, 15) is 8.78 Å². The van der Waals surface area contributed by atoms with E-state index in [1.54, 1.807) is 0 Å². The van der Waals surface area contributed by atoms with Crippen molar-refractivity contribution >= 4 is 15.9 Å². The second kappa shape index (κ2) is 4.06. The van der Waals surface area contributed by atoms with Crippen LogP contribution >= 0.6 is 15.9 Å². The molecule has 0 amide bonds. The minimum atomic E-state index is -0.657. The Bertz CT molecular complexity index is 447. The lowest BCUT2D eigenvalue weighted by molar-refractivity contribution is 0.558. The maximum Gasteiger partial charge on any atom is 0.152 e. The van der Waals surface area contributed by atoms with Gasteiger partial charge in [0.2, 0.25) is 0 Å². The van der Waals surface area contributed by atoms with Crippen molar-refractivity contribution in [3.63, 3.8) is 0 Å². The summed E-state index contributed by atoms with van der Waals surface area (Å²) in [6, 6.07) is 2.52. The van der Waals surface area contributed by atoms with Crippen LogP contribution in [0.15, 0.2) is 24.8 Å². The Labute approximate surface area is 92.9 Å². The van der Waals surface area contributed by atoms with Crippen LogP contribution in [0.3, 0.4) is 0 Å². The van der Waals surface area contributed by atoms with Gasteiger partial charge in [-0.05, 0) is 17.7 Å². The number of benzene rings is 1. The number of hydrogen-bond acceptors (Lipinski definition) is 2. The van der Waals surface area contributed by atoms with Crippen LogP contribution < -0.4 is 0 Å². The lowest BCUT2D eigenvalue weighted by Gasteiger charge is -2.05. The SMILES string of the molecule is Fc1cc(CBr)cc(F)c1-n1cncn1. The van der Waals surface area contributed by atoms with Crippen molar-refractivity contribution in [1.82, 2.24) is 14.8 Å². The fourth-order valence-electron chi connectivity index (χ4n) is 1.24. The highest BCUT2D eigenvalue weighted by atomic mass is 79.9. The molecule has 0 fully saturated rings.